The number of sulfonamides is 1. The fourth-order valence-electron chi connectivity index (χ4n) is 6.23. The van der Waals surface area contributed by atoms with Gasteiger partial charge in [-0.2, -0.15) is 4.31 Å². The third-order valence-electron chi connectivity index (χ3n) is 8.77. The van der Waals surface area contributed by atoms with Crippen molar-refractivity contribution in [2.24, 2.45) is 0 Å². The van der Waals surface area contributed by atoms with E-state index in [2.05, 4.69) is 11.0 Å². The third-order valence-corrected chi connectivity index (χ3v) is 10.7. The second-order valence-corrected chi connectivity index (χ2v) is 13.7. The highest BCUT2D eigenvalue weighted by Gasteiger charge is 2.44. The molecule has 2 unspecified atom stereocenters. The molecule has 0 aromatic heterocycles. The van der Waals surface area contributed by atoms with Crippen molar-refractivity contribution in [2.45, 2.75) is 55.8 Å². The molecule has 10 nitrogen and oxygen atoms in total. The Morgan fingerprint density at radius 2 is 1.76 bits per heavy atom. The van der Waals surface area contributed by atoms with Crippen LogP contribution in [0.5, 0.6) is 11.5 Å². The molecule has 5 rings (SSSR count). The van der Waals surface area contributed by atoms with E-state index < -0.39 is 28.1 Å². The average Bonchev–Trinajstić information content (AvgIpc) is 3.07. The molecular formula is C35H44N2O8S. The molecule has 0 radical (unpaired) electrons. The number of esters is 1. The van der Waals surface area contributed by atoms with Gasteiger partial charge in [0.25, 0.3) is 0 Å². The number of anilines is 1. The van der Waals surface area contributed by atoms with Crippen molar-refractivity contribution in [3.8, 4) is 11.5 Å². The first-order chi connectivity index (χ1) is 22.2. The zero-order valence-corrected chi connectivity index (χ0v) is 27.8. The quantitative estimate of drug-likeness (QED) is 0.188. The number of fused-ring (bicyclic) bond motifs is 1. The van der Waals surface area contributed by atoms with Gasteiger partial charge in [-0.1, -0.05) is 35.9 Å². The molecule has 0 saturated carbocycles. The maximum Gasteiger partial charge on any atom is 0.307 e. The molecule has 1 fully saturated rings. The molecule has 0 spiro atoms. The SMILES string of the molecule is COCCCN1CCOc2ccc(COC3CN(S(=O)(=O)c4ccc(C)cc4)[C@@H](CC(=O)OC)CC3c3ccc(OC)cc3)cc21. The number of benzene rings is 3. The Kier molecular flexibility index (Phi) is 11.2. The smallest absolute Gasteiger partial charge is 0.307 e. The van der Waals surface area contributed by atoms with Crippen molar-refractivity contribution in [3.63, 3.8) is 0 Å². The summed E-state index contributed by atoms with van der Waals surface area (Å²) in [5, 5.41) is 0. The van der Waals surface area contributed by atoms with Crippen LogP contribution in [-0.4, -0.2) is 85.0 Å². The Morgan fingerprint density at radius 3 is 2.46 bits per heavy atom. The van der Waals surface area contributed by atoms with Gasteiger partial charge in [0.05, 0.1) is 50.5 Å². The van der Waals surface area contributed by atoms with Gasteiger partial charge in [0.15, 0.2) is 0 Å². The van der Waals surface area contributed by atoms with E-state index in [0.717, 1.165) is 53.4 Å². The summed E-state index contributed by atoms with van der Waals surface area (Å²) >= 11 is 0. The number of rotatable bonds is 13. The predicted molar refractivity (Wildman–Crippen MR) is 175 cm³/mol. The summed E-state index contributed by atoms with van der Waals surface area (Å²) in [4.78, 5) is 15.0. The Balaban J connectivity index is 1.45. The topological polar surface area (TPSA) is 104 Å². The van der Waals surface area contributed by atoms with E-state index in [9.17, 15) is 13.2 Å². The van der Waals surface area contributed by atoms with Gasteiger partial charge in [0.1, 0.15) is 18.1 Å². The molecule has 2 aliphatic heterocycles. The molecule has 3 aromatic rings. The van der Waals surface area contributed by atoms with Crippen molar-refractivity contribution >= 4 is 21.7 Å². The van der Waals surface area contributed by atoms with Crippen LogP contribution in [0, 0.1) is 6.92 Å². The molecule has 2 heterocycles. The molecule has 0 N–H and O–H groups in total. The second kappa shape index (κ2) is 15.3. The minimum Gasteiger partial charge on any atom is -0.497 e. The van der Waals surface area contributed by atoms with Crippen LogP contribution in [0.3, 0.4) is 0 Å². The fraction of sp³-hybridized carbons (Fsp3) is 0.457. The molecule has 3 atom stereocenters. The van der Waals surface area contributed by atoms with Crippen LogP contribution in [0.25, 0.3) is 0 Å². The van der Waals surface area contributed by atoms with E-state index in [0.29, 0.717) is 19.6 Å². The fourth-order valence-corrected chi connectivity index (χ4v) is 7.88. The Hall–Kier alpha value is -3.64. The summed E-state index contributed by atoms with van der Waals surface area (Å²) in [6, 6.07) is 19.9. The largest absolute Gasteiger partial charge is 0.497 e. The lowest BCUT2D eigenvalue weighted by molar-refractivity contribution is -0.142. The van der Waals surface area contributed by atoms with Gasteiger partial charge in [-0.05, 0) is 67.3 Å². The molecule has 0 bridgehead atoms. The minimum absolute atomic E-state index is 0.0648. The zero-order chi connectivity index (χ0) is 32.7. The lowest BCUT2D eigenvalue weighted by Crippen LogP contribution is -2.53. The van der Waals surface area contributed by atoms with Crippen LogP contribution >= 0.6 is 0 Å². The highest BCUT2D eigenvalue weighted by atomic mass is 32.2. The number of aryl methyl sites for hydroxylation is 1. The Labute approximate surface area is 272 Å². The zero-order valence-electron chi connectivity index (χ0n) is 27.0. The van der Waals surface area contributed by atoms with Gasteiger partial charge >= 0.3 is 5.97 Å². The first-order valence-corrected chi connectivity index (χ1v) is 17.1. The van der Waals surface area contributed by atoms with Crippen LogP contribution in [0.2, 0.25) is 0 Å². The summed E-state index contributed by atoms with van der Waals surface area (Å²) in [6.07, 6.45) is 0.723. The maximum atomic E-state index is 14.1. The monoisotopic (exact) mass is 652 g/mol. The number of piperidine rings is 1. The average molecular weight is 653 g/mol. The van der Waals surface area contributed by atoms with Gasteiger partial charge in [-0.3, -0.25) is 4.79 Å². The van der Waals surface area contributed by atoms with Gasteiger partial charge in [0.2, 0.25) is 10.0 Å². The third kappa shape index (κ3) is 7.83. The summed E-state index contributed by atoms with van der Waals surface area (Å²) in [5.74, 6) is 0.907. The number of hydrogen-bond acceptors (Lipinski definition) is 9. The van der Waals surface area contributed by atoms with Gasteiger partial charge in [-0.25, -0.2) is 8.42 Å². The van der Waals surface area contributed by atoms with Crippen LogP contribution in [0.1, 0.15) is 41.9 Å². The Morgan fingerprint density at radius 1 is 1.00 bits per heavy atom. The normalized spacial score (nSPS) is 20.1. The lowest BCUT2D eigenvalue weighted by atomic mass is 9.83. The molecule has 0 aliphatic carbocycles. The maximum absolute atomic E-state index is 14.1. The van der Waals surface area contributed by atoms with Crippen LogP contribution in [0.15, 0.2) is 71.6 Å². The van der Waals surface area contributed by atoms with Crippen LogP contribution < -0.4 is 14.4 Å². The van der Waals surface area contributed by atoms with E-state index in [4.69, 9.17) is 23.7 Å². The Bertz CT molecular complexity index is 1560. The standard InChI is InChI=1S/C35H44N2O8S/c1-25-6-13-30(14-7-25)46(39,40)37-23-34(31(21-28(37)22-35(38)43-4)27-9-11-29(42-3)12-10-27)45-24-26-8-15-33-32(20-26)36(17-19-44-33)16-5-18-41-2/h6-15,20,28,31,34H,5,16-19,21-24H2,1-4H3/t28-,31?,34?/m1/s1. The van der Waals surface area contributed by atoms with Crippen molar-refractivity contribution in [2.75, 3.05) is 59.1 Å². The number of ether oxygens (including phenoxy) is 5. The predicted octanol–water partition coefficient (Wildman–Crippen LogP) is 4.93. The minimum atomic E-state index is -3.95. The van der Waals surface area contributed by atoms with E-state index in [-0.39, 0.29) is 30.4 Å². The van der Waals surface area contributed by atoms with Crippen molar-refractivity contribution < 1.29 is 36.9 Å². The second-order valence-electron chi connectivity index (χ2n) is 11.8. The molecule has 1 saturated heterocycles. The molecule has 0 amide bonds. The van der Waals surface area contributed by atoms with Crippen molar-refractivity contribution in [3.05, 3.63) is 83.4 Å². The number of carbonyl (C=O) groups is 1. The van der Waals surface area contributed by atoms with E-state index in [1.54, 1.807) is 38.5 Å². The number of hydrogen-bond donors (Lipinski definition) is 0. The molecule has 3 aromatic carbocycles. The van der Waals surface area contributed by atoms with Gasteiger partial charge in [0, 0.05) is 38.8 Å². The molecule has 2 aliphatic rings. The molecular weight excluding hydrogens is 608 g/mol. The van der Waals surface area contributed by atoms with Gasteiger partial charge in [-0.15, -0.1) is 0 Å². The number of carbonyl (C=O) groups excluding carboxylic acids is 1. The molecule has 46 heavy (non-hydrogen) atoms. The van der Waals surface area contributed by atoms with Crippen LogP contribution in [-0.2, 0) is 35.6 Å². The van der Waals surface area contributed by atoms with Crippen molar-refractivity contribution in [1.82, 2.24) is 4.31 Å². The van der Waals surface area contributed by atoms with E-state index in [1.807, 2.05) is 43.3 Å². The number of methoxy groups -OCH3 is 3. The van der Waals surface area contributed by atoms with E-state index >= 15 is 0 Å². The first-order valence-electron chi connectivity index (χ1n) is 15.6. The van der Waals surface area contributed by atoms with E-state index in [1.165, 1.54) is 11.4 Å². The van der Waals surface area contributed by atoms with Crippen LogP contribution in [0.4, 0.5) is 5.69 Å². The molecule has 11 heteroatoms. The highest BCUT2D eigenvalue weighted by Crippen LogP contribution is 2.39. The van der Waals surface area contributed by atoms with Gasteiger partial charge < -0.3 is 28.6 Å². The highest BCUT2D eigenvalue weighted by molar-refractivity contribution is 7.89. The summed E-state index contributed by atoms with van der Waals surface area (Å²) in [5.41, 5.74) is 3.91. The lowest BCUT2D eigenvalue weighted by Gasteiger charge is -2.43. The molecule has 248 valence electrons. The summed E-state index contributed by atoms with van der Waals surface area (Å²) in [7, 11) is 0.688. The summed E-state index contributed by atoms with van der Waals surface area (Å²) < 4.78 is 57.8. The first kappa shape index (κ1) is 33.7. The van der Waals surface area contributed by atoms with Crippen molar-refractivity contribution in [1.29, 1.82) is 0 Å². The summed E-state index contributed by atoms with van der Waals surface area (Å²) in [6.45, 7) is 5.21. The number of nitrogens with zero attached hydrogens (tertiary/aromatic N) is 2.